The highest BCUT2D eigenvalue weighted by molar-refractivity contribution is 6.09. The largest absolute Gasteiger partial charge is 0.309 e. The first-order valence-electron chi connectivity index (χ1n) is 20.7. The molecule has 0 aliphatic heterocycles. The second-order valence-electron chi connectivity index (χ2n) is 20.0. The molecule has 7 aromatic carbocycles. The fourth-order valence-corrected chi connectivity index (χ4v) is 7.93. The van der Waals surface area contributed by atoms with Crippen molar-refractivity contribution in [2.45, 2.75) is 105 Å². The molecule has 0 atom stereocenters. The summed E-state index contributed by atoms with van der Waals surface area (Å²) in [5.41, 5.74) is 16.3. The van der Waals surface area contributed by atoms with Crippen molar-refractivity contribution in [2.75, 3.05) is 4.90 Å². The Morgan fingerprint density at radius 3 is 1.25 bits per heavy atom. The SMILES string of the molecule is CC(C)(C)c1ccc(-c2ccccc2N(c2ccc(C(C)(C)C)cc2)c2ccccc2-c2cccc3cccc(-c4cc(C(C)(C)C)cc(C(C)(C)C)c4)c23)cc1. The lowest BCUT2D eigenvalue weighted by Gasteiger charge is -2.31. The van der Waals surface area contributed by atoms with Crippen molar-refractivity contribution in [3.8, 4) is 33.4 Å². The van der Waals surface area contributed by atoms with Crippen LogP contribution in [0, 0.1) is 0 Å². The van der Waals surface area contributed by atoms with Gasteiger partial charge in [0.15, 0.2) is 0 Å². The van der Waals surface area contributed by atoms with E-state index in [0.29, 0.717) is 0 Å². The summed E-state index contributed by atoms with van der Waals surface area (Å²) in [5, 5.41) is 2.51. The third-order valence-corrected chi connectivity index (χ3v) is 11.5. The molecule has 290 valence electrons. The lowest BCUT2D eigenvalue weighted by atomic mass is 9.78. The van der Waals surface area contributed by atoms with Gasteiger partial charge in [-0.2, -0.15) is 0 Å². The van der Waals surface area contributed by atoms with E-state index in [4.69, 9.17) is 0 Å². The van der Waals surface area contributed by atoms with Gasteiger partial charge in [-0.25, -0.2) is 0 Å². The number of nitrogens with zero attached hydrogens (tertiary/aromatic N) is 1. The Balaban J connectivity index is 1.50. The number of para-hydroxylation sites is 2. The van der Waals surface area contributed by atoms with Crippen molar-refractivity contribution < 1.29 is 0 Å². The van der Waals surface area contributed by atoms with Crippen molar-refractivity contribution in [1.29, 1.82) is 0 Å². The molecule has 0 unspecified atom stereocenters. The molecule has 0 heterocycles. The van der Waals surface area contributed by atoms with Crippen LogP contribution in [0.15, 0.2) is 152 Å². The molecule has 57 heavy (non-hydrogen) atoms. The smallest absolute Gasteiger partial charge is 0.0540 e. The maximum Gasteiger partial charge on any atom is 0.0540 e. The first-order chi connectivity index (χ1) is 26.8. The highest BCUT2D eigenvalue weighted by Gasteiger charge is 2.25. The minimum absolute atomic E-state index is 0.0134. The van der Waals surface area contributed by atoms with Gasteiger partial charge in [-0.05, 0) is 101 Å². The van der Waals surface area contributed by atoms with Gasteiger partial charge in [0.25, 0.3) is 0 Å². The molecule has 0 amide bonds. The zero-order valence-electron chi connectivity index (χ0n) is 36.4. The van der Waals surface area contributed by atoms with E-state index < -0.39 is 0 Å². The second-order valence-corrected chi connectivity index (χ2v) is 20.0. The fraction of sp³-hybridized carbons (Fsp3) is 0.286. The summed E-state index contributed by atoms with van der Waals surface area (Å²) < 4.78 is 0. The van der Waals surface area contributed by atoms with Crippen LogP contribution in [0.3, 0.4) is 0 Å². The Labute approximate surface area is 343 Å². The number of hydrogen-bond acceptors (Lipinski definition) is 1. The van der Waals surface area contributed by atoms with Gasteiger partial charge in [0.05, 0.1) is 11.4 Å². The number of benzene rings is 7. The molecular weight excluding hydrogens is 687 g/mol. The molecule has 0 bridgehead atoms. The van der Waals surface area contributed by atoms with Crippen LogP contribution in [0.5, 0.6) is 0 Å². The van der Waals surface area contributed by atoms with Crippen LogP contribution < -0.4 is 4.90 Å². The van der Waals surface area contributed by atoms with Gasteiger partial charge >= 0.3 is 0 Å². The maximum absolute atomic E-state index is 2.48. The van der Waals surface area contributed by atoms with E-state index in [1.807, 2.05) is 0 Å². The quantitative estimate of drug-likeness (QED) is 0.164. The van der Waals surface area contributed by atoms with Gasteiger partial charge in [-0.1, -0.05) is 210 Å². The van der Waals surface area contributed by atoms with Crippen molar-refractivity contribution in [3.63, 3.8) is 0 Å². The van der Waals surface area contributed by atoms with Gasteiger partial charge in [0.2, 0.25) is 0 Å². The molecule has 0 aliphatic rings. The molecule has 0 aromatic heterocycles. The van der Waals surface area contributed by atoms with Crippen LogP contribution in [0.1, 0.15) is 105 Å². The summed E-state index contributed by atoms with van der Waals surface area (Å²) in [7, 11) is 0. The Morgan fingerprint density at radius 1 is 0.316 bits per heavy atom. The molecular formula is C56H61N. The first-order valence-corrected chi connectivity index (χ1v) is 20.7. The van der Waals surface area contributed by atoms with Crippen LogP contribution >= 0.6 is 0 Å². The number of fused-ring (bicyclic) bond motifs is 1. The monoisotopic (exact) mass is 747 g/mol. The minimum atomic E-state index is 0.0134. The van der Waals surface area contributed by atoms with Gasteiger partial charge < -0.3 is 4.90 Å². The van der Waals surface area contributed by atoms with Crippen molar-refractivity contribution in [2.24, 2.45) is 0 Å². The van der Waals surface area contributed by atoms with Crippen LogP contribution in [-0.4, -0.2) is 0 Å². The second kappa shape index (κ2) is 14.8. The van der Waals surface area contributed by atoms with E-state index in [1.54, 1.807) is 0 Å². The molecule has 7 rings (SSSR count). The molecule has 1 heteroatoms. The zero-order chi connectivity index (χ0) is 40.9. The van der Waals surface area contributed by atoms with Crippen LogP contribution in [-0.2, 0) is 21.7 Å². The Bertz CT molecular complexity index is 2480. The summed E-state index contributed by atoms with van der Waals surface area (Å²) >= 11 is 0. The van der Waals surface area contributed by atoms with Crippen molar-refractivity contribution >= 4 is 27.8 Å². The Hall–Kier alpha value is -5.40. The predicted molar refractivity (Wildman–Crippen MR) is 250 cm³/mol. The topological polar surface area (TPSA) is 3.24 Å². The van der Waals surface area contributed by atoms with E-state index in [-0.39, 0.29) is 21.7 Å². The molecule has 7 aromatic rings. The van der Waals surface area contributed by atoms with Crippen LogP contribution in [0.2, 0.25) is 0 Å². The Morgan fingerprint density at radius 2 is 0.737 bits per heavy atom. The average molecular weight is 748 g/mol. The van der Waals surface area contributed by atoms with Crippen molar-refractivity contribution in [1.82, 2.24) is 0 Å². The van der Waals surface area contributed by atoms with Gasteiger partial charge in [-0.15, -0.1) is 0 Å². The number of anilines is 3. The van der Waals surface area contributed by atoms with E-state index in [9.17, 15) is 0 Å². The maximum atomic E-state index is 2.48. The molecule has 0 aliphatic carbocycles. The lowest BCUT2D eigenvalue weighted by molar-refractivity contribution is 0.569. The molecule has 0 saturated heterocycles. The Kier molecular flexibility index (Phi) is 10.4. The zero-order valence-corrected chi connectivity index (χ0v) is 36.4. The van der Waals surface area contributed by atoms with E-state index in [2.05, 4.69) is 240 Å². The summed E-state index contributed by atoms with van der Waals surface area (Å²) in [6.07, 6.45) is 0. The standard InChI is InChI=1S/C56H61N/c1-53(2,3)41-29-27-38(28-30-41)46-21-13-15-25-50(46)57(45-33-31-42(32-34-45)54(4,5)6)51-26-16-14-22-48(51)49-24-18-20-39-19-17-23-47(52(39)49)40-35-43(55(7,8)9)37-44(36-40)56(10,11)12/h13-37H,1-12H3. The normalized spacial score (nSPS) is 12.6. The highest BCUT2D eigenvalue weighted by Crippen LogP contribution is 2.48. The van der Waals surface area contributed by atoms with E-state index in [0.717, 1.165) is 17.1 Å². The van der Waals surface area contributed by atoms with Crippen molar-refractivity contribution in [3.05, 3.63) is 174 Å². The molecule has 0 spiro atoms. The molecule has 0 radical (unpaired) electrons. The molecule has 1 nitrogen and oxygen atoms in total. The number of rotatable bonds is 6. The fourth-order valence-electron chi connectivity index (χ4n) is 7.93. The third kappa shape index (κ3) is 8.22. The van der Waals surface area contributed by atoms with E-state index >= 15 is 0 Å². The molecule has 0 N–H and O–H groups in total. The predicted octanol–water partition coefficient (Wildman–Crippen LogP) is 16.5. The van der Waals surface area contributed by atoms with Crippen LogP contribution in [0.25, 0.3) is 44.2 Å². The first kappa shape index (κ1) is 39.8. The highest BCUT2D eigenvalue weighted by atomic mass is 15.1. The van der Waals surface area contributed by atoms with Crippen LogP contribution in [0.4, 0.5) is 17.1 Å². The van der Waals surface area contributed by atoms with E-state index in [1.165, 1.54) is 66.4 Å². The molecule has 0 fully saturated rings. The summed E-state index contributed by atoms with van der Waals surface area (Å²) in [6.45, 7) is 27.6. The van der Waals surface area contributed by atoms with Gasteiger partial charge in [0, 0.05) is 16.8 Å². The summed E-state index contributed by atoms with van der Waals surface area (Å²) in [4.78, 5) is 2.48. The molecule has 0 saturated carbocycles. The van der Waals surface area contributed by atoms with Gasteiger partial charge in [-0.3, -0.25) is 0 Å². The van der Waals surface area contributed by atoms with Gasteiger partial charge in [0.1, 0.15) is 0 Å². The minimum Gasteiger partial charge on any atom is -0.309 e. The third-order valence-electron chi connectivity index (χ3n) is 11.5. The average Bonchev–Trinajstić information content (AvgIpc) is 3.17. The number of hydrogen-bond donors (Lipinski definition) is 0. The summed E-state index contributed by atoms with van der Waals surface area (Å²) in [5.74, 6) is 0. The summed E-state index contributed by atoms with van der Waals surface area (Å²) in [6, 6.07) is 57.1. The lowest BCUT2D eigenvalue weighted by Crippen LogP contribution is -2.16.